The maximum Gasteiger partial charge on any atom is 0.417 e. The highest BCUT2D eigenvalue weighted by Gasteiger charge is 2.33. The number of amides is 1. The van der Waals surface area contributed by atoms with Crippen LogP contribution in [0.2, 0.25) is 5.02 Å². The highest BCUT2D eigenvalue weighted by molar-refractivity contribution is 7.91. The normalized spacial score (nSPS) is 16.3. The second kappa shape index (κ2) is 9.09. The zero-order valence-corrected chi connectivity index (χ0v) is 17.9. The Kier molecular flexibility index (Phi) is 6.91. The molecule has 11 heteroatoms. The summed E-state index contributed by atoms with van der Waals surface area (Å²) >= 11 is 6.72. The van der Waals surface area contributed by atoms with Crippen LogP contribution in [0.25, 0.3) is 6.08 Å². The number of carbonyl (C=O) groups is 1. The minimum atomic E-state index is -4.58. The lowest BCUT2D eigenvalue weighted by Gasteiger charge is -2.31. The van der Waals surface area contributed by atoms with E-state index in [9.17, 15) is 26.4 Å². The highest BCUT2D eigenvalue weighted by Crippen LogP contribution is 2.35. The van der Waals surface area contributed by atoms with Gasteiger partial charge in [0.2, 0.25) is 15.9 Å². The third kappa shape index (κ3) is 5.63. The Hall–Kier alpha value is -1.88. The van der Waals surface area contributed by atoms with Crippen LogP contribution in [0.15, 0.2) is 46.0 Å². The van der Waals surface area contributed by atoms with Gasteiger partial charge in [0.05, 0.1) is 10.6 Å². The number of rotatable bonds is 5. The van der Waals surface area contributed by atoms with E-state index in [0.717, 1.165) is 23.5 Å². The summed E-state index contributed by atoms with van der Waals surface area (Å²) in [6.45, 7) is 0.685. The smallest absolute Gasteiger partial charge is 0.339 e. The first kappa shape index (κ1) is 22.8. The van der Waals surface area contributed by atoms with Crippen LogP contribution in [-0.2, 0) is 21.0 Å². The zero-order valence-electron chi connectivity index (χ0n) is 15.5. The predicted molar refractivity (Wildman–Crippen MR) is 110 cm³/mol. The molecule has 1 N–H and O–H groups in total. The van der Waals surface area contributed by atoms with Crippen molar-refractivity contribution in [2.75, 3.05) is 13.1 Å². The largest absolute Gasteiger partial charge is 0.417 e. The van der Waals surface area contributed by atoms with Crippen molar-refractivity contribution in [1.29, 1.82) is 0 Å². The van der Waals surface area contributed by atoms with Crippen LogP contribution in [0.3, 0.4) is 0 Å². The molecule has 5 nitrogen and oxygen atoms in total. The number of sulfonamides is 1. The van der Waals surface area contributed by atoms with E-state index in [0.29, 0.717) is 25.9 Å². The number of carbonyl (C=O) groups excluding carboxylic acids is 1. The minimum absolute atomic E-state index is 0.207. The number of nitrogens with zero attached hydrogens (tertiary/aromatic N) is 1. The van der Waals surface area contributed by atoms with Crippen molar-refractivity contribution >= 4 is 44.9 Å². The molecule has 1 aliphatic heterocycles. The number of halogens is 4. The van der Waals surface area contributed by atoms with Gasteiger partial charge in [0.15, 0.2) is 0 Å². The van der Waals surface area contributed by atoms with Crippen molar-refractivity contribution < 1.29 is 26.4 Å². The van der Waals surface area contributed by atoms with Crippen molar-refractivity contribution in [3.05, 3.63) is 57.9 Å². The number of thiophene rings is 1. The van der Waals surface area contributed by atoms with Crippen LogP contribution >= 0.6 is 22.9 Å². The molecule has 0 spiro atoms. The number of benzene rings is 1. The molecular weight excluding hydrogens is 461 g/mol. The standard InChI is InChI=1S/C19H18ClF3N2O3S2/c20-16-5-3-13(12-15(16)19(21,22)23)4-6-17(26)25-9-7-14(8-10-25)24-30(27,28)18-2-1-11-29-18/h1-6,11-12,14,24H,7-10H2/b6-4+. The molecule has 1 aliphatic rings. The van der Waals surface area contributed by atoms with E-state index in [-0.39, 0.29) is 21.7 Å². The molecule has 1 fully saturated rings. The molecule has 0 aliphatic carbocycles. The number of hydrogen-bond acceptors (Lipinski definition) is 4. The number of hydrogen-bond donors (Lipinski definition) is 1. The fraction of sp³-hybridized carbons (Fsp3) is 0.316. The number of likely N-dealkylation sites (tertiary alicyclic amines) is 1. The first-order valence-corrected chi connectivity index (χ1v) is 11.7. The van der Waals surface area contributed by atoms with Gasteiger partial charge in [-0.15, -0.1) is 11.3 Å². The van der Waals surface area contributed by atoms with Crippen LogP contribution in [0, 0.1) is 0 Å². The SMILES string of the molecule is O=C(/C=C/c1ccc(Cl)c(C(F)(F)F)c1)N1CCC(NS(=O)(=O)c2cccs2)CC1. The molecule has 0 saturated carbocycles. The lowest BCUT2D eigenvalue weighted by Crippen LogP contribution is -2.46. The van der Waals surface area contributed by atoms with Crippen molar-refractivity contribution in [1.82, 2.24) is 9.62 Å². The molecule has 162 valence electrons. The molecule has 2 heterocycles. The van der Waals surface area contributed by atoms with Gasteiger partial charge in [-0.2, -0.15) is 13.2 Å². The Balaban J connectivity index is 1.57. The molecule has 0 unspecified atom stereocenters. The van der Waals surface area contributed by atoms with Crippen molar-refractivity contribution in [3.63, 3.8) is 0 Å². The highest BCUT2D eigenvalue weighted by atomic mass is 35.5. The second-order valence-corrected chi connectivity index (χ2v) is 10.0. The number of alkyl halides is 3. The summed E-state index contributed by atoms with van der Waals surface area (Å²) in [6, 6.07) is 6.32. The zero-order chi connectivity index (χ0) is 21.9. The van der Waals surface area contributed by atoms with Gasteiger partial charge in [-0.25, -0.2) is 13.1 Å². The summed E-state index contributed by atoms with van der Waals surface area (Å²) < 4.78 is 66.2. The van der Waals surface area contributed by atoms with Gasteiger partial charge in [-0.1, -0.05) is 23.7 Å². The molecule has 1 amide bonds. The van der Waals surface area contributed by atoms with E-state index >= 15 is 0 Å². The first-order valence-electron chi connectivity index (χ1n) is 8.96. The number of nitrogens with one attached hydrogen (secondary N) is 1. The summed E-state index contributed by atoms with van der Waals surface area (Å²) in [7, 11) is -3.57. The van der Waals surface area contributed by atoms with Gasteiger partial charge in [0, 0.05) is 25.2 Å². The Morgan fingerprint density at radius 1 is 1.23 bits per heavy atom. The van der Waals surface area contributed by atoms with Crippen molar-refractivity contribution in [2.45, 2.75) is 29.3 Å². The van der Waals surface area contributed by atoms with Gasteiger partial charge in [0.1, 0.15) is 4.21 Å². The average Bonchev–Trinajstić information content (AvgIpc) is 3.22. The van der Waals surface area contributed by atoms with Gasteiger partial charge < -0.3 is 4.90 Å². The molecule has 0 radical (unpaired) electrons. The first-order chi connectivity index (χ1) is 14.1. The van der Waals surface area contributed by atoms with E-state index in [1.807, 2.05) is 0 Å². The third-order valence-electron chi connectivity index (χ3n) is 4.60. The number of piperidine rings is 1. The van der Waals surface area contributed by atoms with Gasteiger partial charge in [-0.05, 0) is 48.1 Å². The maximum absolute atomic E-state index is 12.9. The van der Waals surface area contributed by atoms with Crippen LogP contribution in [0.5, 0.6) is 0 Å². The van der Waals surface area contributed by atoms with E-state index in [2.05, 4.69) is 4.72 Å². The Morgan fingerprint density at radius 2 is 1.93 bits per heavy atom. The molecule has 0 atom stereocenters. The fourth-order valence-corrected chi connectivity index (χ4v) is 5.59. The van der Waals surface area contributed by atoms with Gasteiger partial charge in [-0.3, -0.25) is 4.79 Å². The Labute approximate surface area is 181 Å². The van der Waals surface area contributed by atoms with Crippen LogP contribution < -0.4 is 4.72 Å². The molecule has 30 heavy (non-hydrogen) atoms. The summed E-state index contributed by atoms with van der Waals surface area (Å²) in [5, 5.41) is 1.28. The predicted octanol–water partition coefficient (Wildman–Crippen LogP) is 4.40. The second-order valence-electron chi connectivity index (χ2n) is 6.72. The van der Waals surface area contributed by atoms with Crippen LogP contribution in [0.4, 0.5) is 13.2 Å². The van der Waals surface area contributed by atoms with E-state index in [1.54, 1.807) is 11.4 Å². The Morgan fingerprint density at radius 3 is 2.53 bits per heavy atom. The van der Waals surface area contributed by atoms with Crippen LogP contribution in [-0.4, -0.2) is 38.4 Å². The van der Waals surface area contributed by atoms with Crippen molar-refractivity contribution in [3.8, 4) is 0 Å². The lowest BCUT2D eigenvalue weighted by molar-refractivity contribution is -0.137. The average molecular weight is 479 g/mol. The molecular formula is C19H18ClF3N2O3S2. The Bertz CT molecular complexity index is 1030. The van der Waals surface area contributed by atoms with Gasteiger partial charge >= 0.3 is 6.18 Å². The maximum atomic E-state index is 12.9. The summed E-state index contributed by atoms with van der Waals surface area (Å²) in [6.07, 6.45) is -1.17. The van der Waals surface area contributed by atoms with E-state index < -0.39 is 26.8 Å². The molecule has 1 saturated heterocycles. The fourth-order valence-electron chi connectivity index (χ4n) is 3.05. The van der Waals surface area contributed by atoms with Gasteiger partial charge in [0.25, 0.3) is 0 Å². The van der Waals surface area contributed by atoms with Crippen molar-refractivity contribution in [2.24, 2.45) is 0 Å². The molecule has 2 aromatic rings. The summed E-state index contributed by atoms with van der Waals surface area (Å²) in [4.78, 5) is 13.9. The lowest BCUT2D eigenvalue weighted by atomic mass is 10.1. The summed E-state index contributed by atoms with van der Waals surface area (Å²) in [5.74, 6) is -0.349. The quantitative estimate of drug-likeness (QED) is 0.648. The van der Waals surface area contributed by atoms with E-state index in [1.165, 1.54) is 29.2 Å². The monoisotopic (exact) mass is 478 g/mol. The minimum Gasteiger partial charge on any atom is -0.339 e. The van der Waals surface area contributed by atoms with Crippen LogP contribution in [0.1, 0.15) is 24.0 Å². The third-order valence-corrected chi connectivity index (χ3v) is 7.85. The summed E-state index contributed by atoms with van der Waals surface area (Å²) in [5.41, 5.74) is -0.753. The molecule has 1 aromatic carbocycles. The molecule has 0 bridgehead atoms. The topological polar surface area (TPSA) is 66.5 Å². The van der Waals surface area contributed by atoms with E-state index in [4.69, 9.17) is 11.6 Å². The molecule has 1 aromatic heterocycles. The molecule has 3 rings (SSSR count).